The topological polar surface area (TPSA) is 32.3 Å². The van der Waals surface area contributed by atoms with Crippen molar-refractivity contribution in [2.24, 2.45) is 5.92 Å². The van der Waals surface area contributed by atoms with Crippen molar-refractivity contribution in [2.45, 2.75) is 84.0 Å². The van der Waals surface area contributed by atoms with E-state index in [1.807, 2.05) is 0 Å². The minimum atomic E-state index is 0.0335. The van der Waals surface area contributed by atoms with Crippen molar-refractivity contribution in [1.29, 1.82) is 0 Å². The van der Waals surface area contributed by atoms with E-state index in [-0.39, 0.29) is 17.7 Å². The zero-order valence-corrected chi connectivity index (χ0v) is 12.3. The Labute approximate surface area is 111 Å². The first-order chi connectivity index (χ1) is 8.52. The quantitative estimate of drug-likeness (QED) is 0.788. The summed E-state index contributed by atoms with van der Waals surface area (Å²) in [5.41, 5.74) is 0.0335. The second-order valence-electron chi connectivity index (χ2n) is 6.42. The van der Waals surface area contributed by atoms with Gasteiger partial charge in [0.25, 0.3) is 0 Å². The molecule has 1 amide bonds. The second-order valence-corrected chi connectivity index (χ2v) is 6.42. The van der Waals surface area contributed by atoms with E-state index < -0.39 is 0 Å². The molecular weight excluding hydrogens is 224 g/mol. The summed E-state index contributed by atoms with van der Waals surface area (Å²) < 4.78 is 0. The fraction of sp³-hybridized carbons (Fsp3) is 0.933. The summed E-state index contributed by atoms with van der Waals surface area (Å²) in [6.45, 7) is 8.84. The Morgan fingerprint density at radius 3 is 2.50 bits per heavy atom. The number of nitrogens with one attached hydrogen (secondary N) is 1. The van der Waals surface area contributed by atoms with Crippen LogP contribution in [-0.2, 0) is 4.79 Å². The van der Waals surface area contributed by atoms with E-state index in [1.165, 1.54) is 12.8 Å². The molecule has 0 aromatic rings. The van der Waals surface area contributed by atoms with Crippen molar-refractivity contribution in [3.05, 3.63) is 0 Å². The molecule has 3 heteroatoms. The molecule has 1 aliphatic carbocycles. The third kappa shape index (κ3) is 2.42. The van der Waals surface area contributed by atoms with Gasteiger partial charge in [0.2, 0.25) is 5.91 Å². The second kappa shape index (κ2) is 5.20. The minimum Gasteiger partial charge on any atom is -0.320 e. The zero-order valence-electron chi connectivity index (χ0n) is 12.3. The van der Waals surface area contributed by atoms with Crippen LogP contribution in [-0.4, -0.2) is 28.6 Å². The van der Waals surface area contributed by atoms with Crippen molar-refractivity contribution in [3.63, 3.8) is 0 Å². The van der Waals surface area contributed by atoms with Crippen LogP contribution >= 0.6 is 0 Å². The van der Waals surface area contributed by atoms with Gasteiger partial charge in [0.1, 0.15) is 0 Å². The molecule has 1 saturated carbocycles. The summed E-state index contributed by atoms with van der Waals surface area (Å²) in [6, 6.07) is 0.0629. The van der Waals surface area contributed by atoms with Gasteiger partial charge in [-0.1, -0.05) is 26.7 Å². The fourth-order valence-corrected chi connectivity index (χ4v) is 3.29. The molecule has 1 aliphatic heterocycles. The summed E-state index contributed by atoms with van der Waals surface area (Å²) in [6.07, 6.45) is 7.11. The normalized spacial score (nSPS) is 29.1. The third-order valence-corrected chi connectivity index (χ3v) is 4.67. The standard InChI is InChI=1S/C15H28N2O/c1-5-7-8-12-14(18)17(13(6-2)16-12)15(3,4)11-9-10-11/h11-13,16H,5-10H2,1-4H3. The van der Waals surface area contributed by atoms with E-state index in [0.717, 1.165) is 25.7 Å². The van der Waals surface area contributed by atoms with Gasteiger partial charge in [-0.2, -0.15) is 0 Å². The predicted molar refractivity (Wildman–Crippen MR) is 74.2 cm³/mol. The van der Waals surface area contributed by atoms with Gasteiger partial charge in [0, 0.05) is 5.54 Å². The average molecular weight is 252 g/mol. The highest BCUT2D eigenvalue weighted by molar-refractivity contribution is 5.85. The Kier molecular flexibility index (Phi) is 4.00. The molecular formula is C15H28N2O. The molecule has 3 nitrogen and oxygen atoms in total. The molecule has 0 aromatic carbocycles. The molecule has 2 unspecified atom stereocenters. The minimum absolute atomic E-state index is 0.0335. The smallest absolute Gasteiger partial charge is 0.241 e. The molecule has 18 heavy (non-hydrogen) atoms. The van der Waals surface area contributed by atoms with Gasteiger partial charge >= 0.3 is 0 Å². The number of rotatable bonds is 6. The molecule has 1 N–H and O–H groups in total. The number of hydrogen-bond donors (Lipinski definition) is 1. The lowest BCUT2D eigenvalue weighted by Crippen LogP contribution is -2.52. The van der Waals surface area contributed by atoms with E-state index in [1.54, 1.807) is 0 Å². The molecule has 2 rings (SSSR count). The van der Waals surface area contributed by atoms with Gasteiger partial charge in [0.05, 0.1) is 12.2 Å². The summed E-state index contributed by atoms with van der Waals surface area (Å²) in [5.74, 6) is 1.05. The lowest BCUT2D eigenvalue weighted by molar-refractivity contribution is -0.136. The van der Waals surface area contributed by atoms with Gasteiger partial charge in [-0.25, -0.2) is 0 Å². The Balaban J connectivity index is 2.10. The first-order valence-electron chi connectivity index (χ1n) is 7.61. The van der Waals surface area contributed by atoms with Crippen molar-refractivity contribution >= 4 is 5.91 Å². The maximum Gasteiger partial charge on any atom is 0.241 e. The molecule has 0 spiro atoms. The predicted octanol–water partition coefficient (Wildman–Crippen LogP) is 2.90. The highest BCUT2D eigenvalue weighted by Crippen LogP contribution is 2.44. The molecule has 104 valence electrons. The fourth-order valence-electron chi connectivity index (χ4n) is 3.29. The van der Waals surface area contributed by atoms with Gasteiger partial charge in [-0.05, 0) is 45.4 Å². The maximum atomic E-state index is 12.6. The maximum absolute atomic E-state index is 12.6. The zero-order chi connectivity index (χ0) is 13.3. The first kappa shape index (κ1) is 13.9. The summed E-state index contributed by atoms with van der Waals surface area (Å²) in [5, 5.41) is 3.54. The summed E-state index contributed by atoms with van der Waals surface area (Å²) in [4.78, 5) is 14.8. The van der Waals surface area contributed by atoms with Crippen LogP contribution in [0.15, 0.2) is 0 Å². The van der Waals surface area contributed by atoms with Gasteiger partial charge in [0.15, 0.2) is 0 Å². The number of unbranched alkanes of at least 4 members (excludes halogenated alkanes) is 1. The van der Waals surface area contributed by atoms with Gasteiger partial charge < -0.3 is 4.90 Å². The Bertz CT molecular complexity index is 310. The molecule has 2 fully saturated rings. The van der Waals surface area contributed by atoms with Crippen LogP contribution in [0, 0.1) is 5.92 Å². The monoisotopic (exact) mass is 252 g/mol. The van der Waals surface area contributed by atoms with Crippen LogP contribution < -0.4 is 5.32 Å². The molecule has 0 bridgehead atoms. The van der Waals surface area contributed by atoms with Crippen LogP contribution in [0.2, 0.25) is 0 Å². The first-order valence-corrected chi connectivity index (χ1v) is 7.61. The molecule has 1 saturated heterocycles. The Morgan fingerprint density at radius 1 is 1.33 bits per heavy atom. The highest BCUT2D eigenvalue weighted by Gasteiger charge is 2.50. The molecule has 0 radical (unpaired) electrons. The number of carbonyl (C=O) groups excluding carboxylic acids is 1. The summed E-state index contributed by atoms with van der Waals surface area (Å²) in [7, 11) is 0. The van der Waals surface area contributed by atoms with E-state index in [4.69, 9.17) is 0 Å². The van der Waals surface area contributed by atoms with Crippen LogP contribution in [0.5, 0.6) is 0 Å². The number of nitrogens with zero attached hydrogens (tertiary/aromatic N) is 1. The molecule has 2 atom stereocenters. The SMILES string of the molecule is CCCCC1NC(CC)N(C(C)(C)C2CC2)C1=O. The number of carbonyl (C=O) groups is 1. The Morgan fingerprint density at radius 2 is 2.00 bits per heavy atom. The van der Waals surface area contributed by atoms with Crippen molar-refractivity contribution in [3.8, 4) is 0 Å². The molecule has 0 aromatic heterocycles. The number of hydrogen-bond acceptors (Lipinski definition) is 2. The molecule has 1 heterocycles. The van der Waals surface area contributed by atoms with Crippen molar-refractivity contribution in [2.75, 3.05) is 0 Å². The largest absolute Gasteiger partial charge is 0.320 e. The van der Waals surface area contributed by atoms with Crippen LogP contribution in [0.4, 0.5) is 0 Å². The van der Waals surface area contributed by atoms with E-state index in [9.17, 15) is 4.79 Å². The highest BCUT2D eigenvalue weighted by atomic mass is 16.2. The van der Waals surface area contributed by atoms with Gasteiger partial charge in [-0.15, -0.1) is 0 Å². The lowest BCUT2D eigenvalue weighted by atomic mass is 9.95. The van der Waals surface area contributed by atoms with Crippen LogP contribution in [0.25, 0.3) is 0 Å². The molecule has 2 aliphatic rings. The van der Waals surface area contributed by atoms with Crippen molar-refractivity contribution < 1.29 is 4.79 Å². The number of amides is 1. The van der Waals surface area contributed by atoms with Crippen LogP contribution in [0.3, 0.4) is 0 Å². The lowest BCUT2D eigenvalue weighted by Gasteiger charge is -2.39. The Hall–Kier alpha value is -0.570. The van der Waals surface area contributed by atoms with Gasteiger partial charge in [-0.3, -0.25) is 10.1 Å². The van der Waals surface area contributed by atoms with E-state index in [0.29, 0.717) is 11.8 Å². The van der Waals surface area contributed by atoms with E-state index >= 15 is 0 Å². The average Bonchev–Trinajstić information content (AvgIpc) is 3.12. The van der Waals surface area contributed by atoms with Crippen LogP contribution in [0.1, 0.15) is 66.2 Å². The third-order valence-electron chi connectivity index (χ3n) is 4.67. The summed E-state index contributed by atoms with van der Waals surface area (Å²) >= 11 is 0. The van der Waals surface area contributed by atoms with E-state index in [2.05, 4.69) is 37.9 Å². The van der Waals surface area contributed by atoms with Crippen molar-refractivity contribution in [1.82, 2.24) is 10.2 Å².